The third-order valence-corrected chi connectivity index (χ3v) is 2.90. The van der Waals surface area contributed by atoms with Gasteiger partial charge in [-0.05, 0) is 35.6 Å². The van der Waals surface area contributed by atoms with Crippen LogP contribution in [0.4, 0.5) is 5.69 Å². The molecule has 0 unspecified atom stereocenters. The standard InChI is InChI=1S/C8H7N.C8H11N/c1-2-4-8-7(3-1)5-6-9-8;1-2-7-5-3-4-6-8(7)9/h1-6,9H;3-6H,2,9H2,1H3. The van der Waals surface area contributed by atoms with Gasteiger partial charge in [-0.2, -0.15) is 0 Å². The van der Waals surface area contributed by atoms with Crippen molar-refractivity contribution in [3.63, 3.8) is 0 Å². The highest BCUT2D eigenvalue weighted by Gasteiger charge is 1.90. The number of fused-ring (bicyclic) bond motifs is 1. The van der Waals surface area contributed by atoms with Crippen LogP contribution in [0.1, 0.15) is 12.5 Å². The Morgan fingerprint density at radius 1 is 0.944 bits per heavy atom. The van der Waals surface area contributed by atoms with E-state index in [1.165, 1.54) is 16.5 Å². The summed E-state index contributed by atoms with van der Waals surface area (Å²) in [7, 11) is 0. The maximum Gasteiger partial charge on any atom is 0.0453 e. The van der Waals surface area contributed by atoms with Gasteiger partial charge in [-0.1, -0.05) is 43.3 Å². The Bertz CT molecular complexity index is 581. The number of nitrogens with two attached hydrogens (primary N) is 1. The van der Waals surface area contributed by atoms with Crippen molar-refractivity contribution in [2.24, 2.45) is 0 Å². The van der Waals surface area contributed by atoms with E-state index in [-0.39, 0.29) is 0 Å². The Morgan fingerprint density at radius 2 is 1.67 bits per heavy atom. The van der Waals surface area contributed by atoms with Gasteiger partial charge >= 0.3 is 0 Å². The molecule has 0 spiro atoms. The number of hydrogen-bond acceptors (Lipinski definition) is 1. The first kappa shape index (κ1) is 12.2. The van der Waals surface area contributed by atoms with Crippen molar-refractivity contribution in [3.05, 3.63) is 66.4 Å². The average molecular weight is 238 g/mol. The number of aromatic nitrogens is 1. The summed E-state index contributed by atoms with van der Waals surface area (Å²) in [6.07, 6.45) is 2.97. The third kappa shape index (κ3) is 2.92. The van der Waals surface area contributed by atoms with Crippen LogP contribution in [-0.4, -0.2) is 4.98 Å². The second-order valence-corrected chi connectivity index (χ2v) is 4.12. The molecule has 0 amide bonds. The molecule has 3 N–H and O–H groups in total. The van der Waals surface area contributed by atoms with Crippen molar-refractivity contribution >= 4 is 16.6 Å². The summed E-state index contributed by atoms with van der Waals surface area (Å²) in [5.41, 5.74) is 8.97. The number of nitrogen functional groups attached to an aromatic ring is 1. The quantitative estimate of drug-likeness (QED) is 0.618. The zero-order valence-electron chi connectivity index (χ0n) is 10.6. The van der Waals surface area contributed by atoms with Gasteiger partial charge in [-0.3, -0.25) is 0 Å². The zero-order valence-corrected chi connectivity index (χ0v) is 10.6. The van der Waals surface area contributed by atoms with E-state index in [4.69, 9.17) is 5.73 Å². The van der Waals surface area contributed by atoms with Crippen LogP contribution < -0.4 is 5.73 Å². The van der Waals surface area contributed by atoms with Crippen LogP contribution in [0.2, 0.25) is 0 Å². The number of rotatable bonds is 1. The Morgan fingerprint density at radius 3 is 2.33 bits per heavy atom. The van der Waals surface area contributed by atoms with E-state index >= 15 is 0 Å². The lowest BCUT2D eigenvalue weighted by Crippen LogP contribution is -1.90. The highest BCUT2D eigenvalue weighted by Crippen LogP contribution is 2.10. The number of aromatic amines is 1. The van der Waals surface area contributed by atoms with Crippen molar-refractivity contribution in [3.8, 4) is 0 Å². The van der Waals surface area contributed by atoms with E-state index in [1.54, 1.807) is 0 Å². The first-order chi connectivity index (χ1) is 8.81. The maximum atomic E-state index is 5.63. The van der Waals surface area contributed by atoms with E-state index in [0.717, 1.165) is 12.1 Å². The Hall–Kier alpha value is -2.22. The molecule has 1 heterocycles. The van der Waals surface area contributed by atoms with Crippen molar-refractivity contribution in [2.75, 3.05) is 5.73 Å². The molecule has 0 aliphatic rings. The molecule has 0 fully saturated rings. The molecule has 0 atom stereocenters. The SMILES string of the molecule is CCc1ccccc1N.c1ccc2[nH]ccc2c1. The molecule has 2 nitrogen and oxygen atoms in total. The fraction of sp³-hybridized carbons (Fsp3) is 0.125. The van der Waals surface area contributed by atoms with Gasteiger partial charge in [0, 0.05) is 17.4 Å². The molecule has 18 heavy (non-hydrogen) atoms. The first-order valence-electron chi connectivity index (χ1n) is 6.16. The van der Waals surface area contributed by atoms with Gasteiger partial charge in [0.1, 0.15) is 0 Å². The molecule has 3 rings (SSSR count). The van der Waals surface area contributed by atoms with E-state index < -0.39 is 0 Å². The van der Waals surface area contributed by atoms with Crippen LogP contribution in [0.5, 0.6) is 0 Å². The molecule has 0 saturated heterocycles. The highest BCUT2D eigenvalue weighted by atomic mass is 14.7. The number of benzene rings is 2. The largest absolute Gasteiger partial charge is 0.399 e. The van der Waals surface area contributed by atoms with E-state index in [0.29, 0.717) is 0 Å². The Labute approximate surface area is 107 Å². The van der Waals surface area contributed by atoms with Gasteiger partial charge in [0.05, 0.1) is 0 Å². The van der Waals surface area contributed by atoms with Crippen LogP contribution in [0.25, 0.3) is 10.9 Å². The molecular weight excluding hydrogens is 220 g/mol. The molecule has 0 aliphatic carbocycles. The fourth-order valence-corrected chi connectivity index (χ4v) is 1.85. The lowest BCUT2D eigenvalue weighted by molar-refractivity contribution is 1.14. The van der Waals surface area contributed by atoms with Crippen molar-refractivity contribution < 1.29 is 0 Å². The second-order valence-electron chi connectivity index (χ2n) is 4.12. The fourth-order valence-electron chi connectivity index (χ4n) is 1.85. The molecule has 1 aromatic heterocycles. The highest BCUT2D eigenvalue weighted by molar-refractivity contribution is 5.78. The summed E-state index contributed by atoms with van der Waals surface area (Å²) in [5, 5.41) is 1.28. The average Bonchev–Trinajstić information content (AvgIpc) is 2.88. The van der Waals surface area contributed by atoms with Crippen molar-refractivity contribution in [1.82, 2.24) is 4.98 Å². The van der Waals surface area contributed by atoms with Gasteiger partial charge in [-0.25, -0.2) is 0 Å². The molecule has 0 aliphatic heterocycles. The number of anilines is 1. The predicted octanol–water partition coefficient (Wildman–Crippen LogP) is 4.00. The minimum Gasteiger partial charge on any atom is -0.399 e. The summed E-state index contributed by atoms with van der Waals surface area (Å²) < 4.78 is 0. The Balaban J connectivity index is 0.000000134. The third-order valence-electron chi connectivity index (χ3n) is 2.90. The molecule has 2 aromatic carbocycles. The molecule has 3 aromatic rings. The maximum absolute atomic E-state index is 5.63. The van der Waals surface area contributed by atoms with Crippen molar-refractivity contribution in [2.45, 2.75) is 13.3 Å². The second kappa shape index (κ2) is 5.92. The topological polar surface area (TPSA) is 41.8 Å². The molecule has 0 saturated carbocycles. The lowest BCUT2D eigenvalue weighted by atomic mass is 10.1. The summed E-state index contributed by atoms with van der Waals surface area (Å²) in [6.45, 7) is 2.10. The molecule has 0 bridgehead atoms. The molecule has 2 heteroatoms. The summed E-state index contributed by atoms with van der Waals surface area (Å²) >= 11 is 0. The minimum absolute atomic E-state index is 0.903. The Kier molecular flexibility index (Phi) is 4.02. The van der Waals surface area contributed by atoms with Crippen LogP contribution in [0.3, 0.4) is 0 Å². The summed E-state index contributed by atoms with van der Waals surface area (Å²) in [5.74, 6) is 0. The monoisotopic (exact) mass is 238 g/mol. The normalized spacial score (nSPS) is 9.83. The zero-order chi connectivity index (χ0) is 12.8. The predicted molar refractivity (Wildman–Crippen MR) is 78.5 cm³/mol. The van der Waals surface area contributed by atoms with Gasteiger partial charge in [0.25, 0.3) is 0 Å². The molecule has 92 valence electrons. The van der Waals surface area contributed by atoms with Gasteiger partial charge in [-0.15, -0.1) is 0 Å². The number of aryl methyl sites for hydroxylation is 1. The van der Waals surface area contributed by atoms with Crippen LogP contribution in [0.15, 0.2) is 60.8 Å². The van der Waals surface area contributed by atoms with Crippen LogP contribution >= 0.6 is 0 Å². The van der Waals surface area contributed by atoms with E-state index in [1.807, 2.05) is 36.5 Å². The molecule has 0 radical (unpaired) electrons. The van der Waals surface area contributed by atoms with E-state index in [2.05, 4.69) is 36.2 Å². The number of H-pyrrole nitrogens is 1. The van der Waals surface area contributed by atoms with Crippen molar-refractivity contribution in [1.29, 1.82) is 0 Å². The first-order valence-corrected chi connectivity index (χ1v) is 6.16. The smallest absolute Gasteiger partial charge is 0.0453 e. The number of nitrogens with one attached hydrogen (secondary N) is 1. The number of hydrogen-bond donors (Lipinski definition) is 2. The van der Waals surface area contributed by atoms with Gasteiger partial charge < -0.3 is 10.7 Å². The minimum atomic E-state index is 0.903. The van der Waals surface area contributed by atoms with Crippen LogP contribution in [0, 0.1) is 0 Å². The lowest BCUT2D eigenvalue weighted by Gasteiger charge is -1.98. The summed E-state index contributed by atoms with van der Waals surface area (Å²) in [6, 6.07) is 18.2. The van der Waals surface area contributed by atoms with Gasteiger partial charge in [0.2, 0.25) is 0 Å². The summed E-state index contributed by atoms with van der Waals surface area (Å²) in [4.78, 5) is 3.12. The van der Waals surface area contributed by atoms with E-state index in [9.17, 15) is 0 Å². The van der Waals surface area contributed by atoms with Crippen LogP contribution in [-0.2, 0) is 6.42 Å². The number of para-hydroxylation sites is 2. The molecular formula is C16H18N2. The van der Waals surface area contributed by atoms with Gasteiger partial charge in [0.15, 0.2) is 0 Å².